The van der Waals surface area contributed by atoms with Gasteiger partial charge in [0.15, 0.2) is 0 Å². The zero-order valence-corrected chi connectivity index (χ0v) is 12.0. The second-order valence-electron chi connectivity index (χ2n) is 6.20. The van der Waals surface area contributed by atoms with Gasteiger partial charge in [-0.3, -0.25) is 4.79 Å². The number of rotatable bonds is 7. The molecule has 0 atom stereocenters. The van der Waals surface area contributed by atoms with Crippen LogP contribution in [0.3, 0.4) is 0 Å². The molecule has 0 aromatic rings. The number of carbonyl (C=O) groups excluding carboxylic acids is 1. The van der Waals surface area contributed by atoms with E-state index in [2.05, 4.69) is 10.6 Å². The van der Waals surface area contributed by atoms with Gasteiger partial charge in [-0.05, 0) is 37.5 Å². The zero-order valence-electron chi connectivity index (χ0n) is 12.0. The number of methoxy groups -OCH3 is 1. The van der Waals surface area contributed by atoms with Gasteiger partial charge >= 0.3 is 12.0 Å². The average Bonchev–Trinajstić information content (AvgIpc) is 2.31. The highest BCUT2D eigenvalue weighted by molar-refractivity contribution is 5.74. The van der Waals surface area contributed by atoms with Crippen LogP contribution in [0, 0.1) is 5.41 Å². The Bertz CT molecular complexity index is 370. The third-order valence-electron chi connectivity index (χ3n) is 4.83. The predicted octanol–water partition coefficient (Wildman–Crippen LogP) is 1.50. The summed E-state index contributed by atoms with van der Waals surface area (Å²) in [6.07, 6.45) is 6.03. The van der Waals surface area contributed by atoms with Gasteiger partial charge in [0.05, 0.1) is 12.0 Å². The summed E-state index contributed by atoms with van der Waals surface area (Å²) < 4.78 is 5.43. The Morgan fingerprint density at radius 2 is 1.70 bits per heavy atom. The van der Waals surface area contributed by atoms with Gasteiger partial charge in [0.2, 0.25) is 0 Å². The lowest BCUT2D eigenvalue weighted by atomic mass is 9.66. The first-order valence-corrected chi connectivity index (χ1v) is 7.28. The predicted molar refractivity (Wildman–Crippen MR) is 73.5 cm³/mol. The number of carboxylic acid groups (broad SMARTS) is 1. The number of aliphatic carboxylic acids is 1. The van der Waals surface area contributed by atoms with E-state index in [0.717, 1.165) is 38.5 Å². The second kappa shape index (κ2) is 5.99. The van der Waals surface area contributed by atoms with Crippen molar-refractivity contribution in [1.29, 1.82) is 0 Å². The number of nitrogens with one attached hydrogen (secondary N) is 2. The van der Waals surface area contributed by atoms with Gasteiger partial charge < -0.3 is 20.5 Å². The molecule has 114 valence electrons. The van der Waals surface area contributed by atoms with Crippen LogP contribution in [0.15, 0.2) is 0 Å². The molecule has 0 aromatic heterocycles. The summed E-state index contributed by atoms with van der Waals surface area (Å²) in [4.78, 5) is 22.6. The monoisotopic (exact) mass is 284 g/mol. The maximum atomic E-state index is 11.8. The minimum Gasteiger partial charge on any atom is -0.481 e. The lowest BCUT2D eigenvalue weighted by Crippen LogP contribution is -2.53. The first-order chi connectivity index (χ1) is 9.49. The molecule has 6 nitrogen and oxygen atoms in total. The lowest BCUT2D eigenvalue weighted by molar-refractivity contribution is -0.141. The highest BCUT2D eigenvalue weighted by Crippen LogP contribution is 2.43. The van der Waals surface area contributed by atoms with E-state index in [1.165, 1.54) is 0 Å². The largest absolute Gasteiger partial charge is 0.481 e. The Morgan fingerprint density at radius 1 is 1.10 bits per heavy atom. The topological polar surface area (TPSA) is 87.7 Å². The van der Waals surface area contributed by atoms with E-state index in [1.807, 2.05) is 0 Å². The highest BCUT2D eigenvalue weighted by atomic mass is 16.5. The lowest BCUT2D eigenvalue weighted by Gasteiger charge is -2.42. The Labute approximate surface area is 119 Å². The van der Waals surface area contributed by atoms with Crippen LogP contribution in [0.2, 0.25) is 0 Å². The molecule has 2 aliphatic carbocycles. The molecule has 2 aliphatic rings. The van der Waals surface area contributed by atoms with Crippen molar-refractivity contribution in [3.05, 3.63) is 0 Å². The number of amides is 2. The van der Waals surface area contributed by atoms with Gasteiger partial charge in [-0.25, -0.2) is 4.79 Å². The third-order valence-corrected chi connectivity index (χ3v) is 4.83. The van der Waals surface area contributed by atoms with Crippen molar-refractivity contribution in [2.24, 2.45) is 5.41 Å². The Morgan fingerprint density at radius 3 is 2.10 bits per heavy atom. The maximum absolute atomic E-state index is 11.8. The SMILES string of the molecule is COC1(CNC(=O)NCC2(CC(=O)O)CCC2)CCC1. The van der Waals surface area contributed by atoms with E-state index < -0.39 is 5.97 Å². The van der Waals surface area contributed by atoms with Gasteiger partial charge in [-0.15, -0.1) is 0 Å². The van der Waals surface area contributed by atoms with Gasteiger partial charge in [0.25, 0.3) is 0 Å². The molecular formula is C14H24N2O4. The molecule has 0 bridgehead atoms. The van der Waals surface area contributed by atoms with E-state index >= 15 is 0 Å². The van der Waals surface area contributed by atoms with Crippen LogP contribution in [0.5, 0.6) is 0 Å². The van der Waals surface area contributed by atoms with Crippen LogP contribution in [-0.4, -0.2) is 42.9 Å². The summed E-state index contributed by atoms with van der Waals surface area (Å²) in [6.45, 7) is 0.951. The average molecular weight is 284 g/mol. The van der Waals surface area contributed by atoms with Crippen LogP contribution in [0.1, 0.15) is 44.9 Å². The quantitative estimate of drug-likeness (QED) is 0.661. The molecule has 6 heteroatoms. The van der Waals surface area contributed by atoms with Crippen molar-refractivity contribution in [3.63, 3.8) is 0 Å². The minimum absolute atomic E-state index is 0.134. The fourth-order valence-corrected chi connectivity index (χ4v) is 3.01. The first kappa shape index (κ1) is 15.1. The molecule has 0 aromatic carbocycles. The number of ether oxygens (including phenoxy) is 1. The van der Waals surface area contributed by atoms with Gasteiger partial charge in [-0.2, -0.15) is 0 Å². The molecule has 0 unspecified atom stereocenters. The number of hydrogen-bond donors (Lipinski definition) is 3. The minimum atomic E-state index is -0.792. The summed E-state index contributed by atoms with van der Waals surface area (Å²) in [7, 11) is 1.68. The van der Waals surface area contributed by atoms with E-state index in [4.69, 9.17) is 9.84 Å². The smallest absolute Gasteiger partial charge is 0.314 e. The molecule has 2 amide bonds. The summed E-state index contributed by atoms with van der Waals surface area (Å²) >= 11 is 0. The molecule has 3 N–H and O–H groups in total. The van der Waals surface area contributed by atoms with Crippen molar-refractivity contribution < 1.29 is 19.4 Å². The van der Waals surface area contributed by atoms with Crippen molar-refractivity contribution in [2.45, 2.75) is 50.5 Å². The molecule has 0 heterocycles. The Hall–Kier alpha value is -1.30. The zero-order chi connectivity index (χ0) is 14.6. The van der Waals surface area contributed by atoms with E-state index in [1.54, 1.807) is 7.11 Å². The molecule has 2 saturated carbocycles. The molecular weight excluding hydrogens is 260 g/mol. The fourth-order valence-electron chi connectivity index (χ4n) is 3.01. The van der Waals surface area contributed by atoms with Crippen molar-refractivity contribution in [1.82, 2.24) is 10.6 Å². The van der Waals surface area contributed by atoms with Crippen LogP contribution < -0.4 is 10.6 Å². The van der Waals surface area contributed by atoms with Crippen LogP contribution in [0.25, 0.3) is 0 Å². The van der Waals surface area contributed by atoms with E-state index in [9.17, 15) is 9.59 Å². The Kier molecular flexibility index (Phi) is 4.52. The van der Waals surface area contributed by atoms with Crippen LogP contribution >= 0.6 is 0 Å². The van der Waals surface area contributed by atoms with Crippen molar-refractivity contribution in [3.8, 4) is 0 Å². The molecule has 0 saturated heterocycles. The molecule has 0 radical (unpaired) electrons. The molecule has 20 heavy (non-hydrogen) atoms. The van der Waals surface area contributed by atoms with E-state index in [-0.39, 0.29) is 23.5 Å². The second-order valence-corrected chi connectivity index (χ2v) is 6.20. The summed E-state index contributed by atoms with van der Waals surface area (Å²) in [5.41, 5.74) is -0.425. The number of carbonyl (C=O) groups is 2. The maximum Gasteiger partial charge on any atom is 0.314 e. The third kappa shape index (κ3) is 3.42. The number of urea groups is 1. The van der Waals surface area contributed by atoms with Crippen LogP contribution in [0.4, 0.5) is 4.79 Å². The van der Waals surface area contributed by atoms with E-state index in [0.29, 0.717) is 13.1 Å². The highest BCUT2D eigenvalue weighted by Gasteiger charge is 2.40. The fraction of sp³-hybridized carbons (Fsp3) is 0.857. The summed E-state index contributed by atoms with van der Waals surface area (Å²) in [6, 6.07) is -0.231. The summed E-state index contributed by atoms with van der Waals surface area (Å²) in [5.74, 6) is -0.792. The number of carboxylic acids is 1. The van der Waals surface area contributed by atoms with Crippen molar-refractivity contribution >= 4 is 12.0 Å². The van der Waals surface area contributed by atoms with Crippen LogP contribution in [-0.2, 0) is 9.53 Å². The van der Waals surface area contributed by atoms with Gasteiger partial charge in [0.1, 0.15) is 0 Å². The number of hydrogen-bond acceptors (Lipinski definition) is 3. The molecule has 0 aliphatic heterocycles. The molecule has 2 rings (SSSR count). The normalized spacial score (nSPS) is 22.2. The Balaban J connectivity index is 1.70. The standard InChI is InChI=1S/C14H24N2O4/c1-20-14(6-3-7-14)10-16-12(19)15-9-13(4-2-5-13)8-11(17)18/h2-10H2,1H3,(H,17,18)(H2,15,16,19). The van der Waals surface area contributed by atoms with Crippen molar-refractivity contribution in [2.75, 3.05) is 20.2 Å². The summed E-state index contributed by atoms with van der Waals surface area (Å²) in [5, 5.41) is 14.6. The van der Waals surface area contributed by atoms with Gasteiger partial charge in [-0.1, -0.05) is 6.42 Å². The molecule has 2 fully saturated rings. The molecule has 0 spiro atoms. The first-order valence-electron chi connectivity index (χ1n) is 7.28. The van der Waals surface area contributed by atoms with Gasteiger partial charge in [0, 0.05) is 20.2 Å².